The number of hydrogen-bond donors (Lipinski definition) is 0. The standard InChI is InChI=1S/C17H18NO2P.Al/c1-12-6-4-9-15(18-12)17(2,3)14-8-5-7-13(16(14)19)10-11-21-20;/h1,4-9,19H,10-11H2,2-3H3;/q;+1/p-1. The quantitative estimate of drug-likeness (QED) is 0.599. The zero-order valence-electron chi connectivity index (χ0n) is 12.7. The lowest BCUT2D eigenvalue weighted by atomic mass is 9.79. The fraction of sp³-hybridized carbons (Fsp3) is 0.294. The van der Waals surface area contributed by atoms with Crippen molar-refractivity contribution in [3.63, 3.8) is 0 Å². The first-order chi connectivity index (χ1) is 10.5. The zero-order valence-corrected chi connectivity index (χ0v) is 14.8. The van der Waals surface area contributed by atoms with Gasteiger partial charge in [0, 0.05) is 29.8 Å². The number of hydrogen-bond acceptors (Lipinski definition) is 3. The van der Waals surface area contributed by atoms with Gasteiger partial charge >= 0.3 is 16.6 Å². The molecule has 1 aromatic carbocycles. The highest BCUT2D eigenvalue weighted by molar-refractivity contribution is 7.23. The number of pyridine rings is 1. The Labute approximate surface area is 142 Å². The molecule has 0 aliphatic carbocycles. The Morgan fingerprint density at radius 3 is 2.64 bits per heavy atom. The second-order valence-corrected chi connectivity index (χ2v) is 6.53. The minimum absolute atomic E-state index is 0.140. The molecule has 0 saturated heterocycles. The average Bonchev–Trinajstić information content (AvgIpc) is 2.52. The third-order valence-corrected chi connectivity index (χ3v) is 4.41. The highest BCUT2D eigenvalue weighted by Crippen LogP contribution is 2.38. The van der Waals surface area contributed by atoms with E-state index in [0.717, 1.165) is 22.6 Å². The maximum Gasteiger partial charge on any atom is 0.482 e. The Morgan fingerprint density at radius 1 is 1.27 bits per heavy atom. The van der Waals surface area contributed by atoms with Crippen molar-refractivity contribution in [2.45, 2.75) is 25.7 Å². The molecule has 0 amide bonds. The SMILES string of the molecule is [CH]c1cccc(C(C)(C)c2cccc(CCP=O)c2[O][Al])n1. The lowest BCUT2D eigenvalue weighted by Crippen LogP contribution is -2.22. The van der Waals surface area contributed by atoms with E-state index in [1.54, 1.807) is 6.07 Å². The van der Waals surface area contributed by atoms with Crippen LogP contribution < -0.4 is 3.79 Å². The van der Waals surface area contributed by atoms with Crippen LogP contribution in [0.4, 0.5) is 0 Å². The topological polar surface area (TPSA) is 39.2 Å². The molecule has 0 fully saturated rings. The monoisotopic (exact) mass is 325 g/mol. The molecule has 1 aromatic heterocycles. The molecule has 0 unspecified atom stereocenters. The molecule has 1 heterocycles. The molecule has 5 heteroatoms. The number of para-hydroxylation sites is 1. The van der Waals surface area contributed by atoms with Crippen LogP contribution >= 0.6 is 8.46 Å². The van der Waals surface area contributed by atoms with Gasteiger partial charge in [-0.2, -0.15) is 0 Å². The van der Waals surface area contributed by atoms with Crippen LogP contribution in [0.1, 0.15) is 36.4 Å². The largest absolute Gasteiger partial charge is 0.653 e. The summed E-state index contributed by atoms with van der Waals surface area (Å²) < 4.78 is 16.3. The lowest BCUT2D eigenvalue weighted by molar-refractivity contribution is 0.544. The third-order valence-electron chi connectivity index (χ3n) is 3.77. The van der Waals surface area contributed by atoms with Crippen molar-refractivity contribution in [2.75, 3.05) is 6.16 Å². The van der Waals surface area contributed by atoms with Crippen molar-refractivity contribution < 1.29 is 8.35 Å². The van der Waals surface area contributed by atoms with Crippen LogP contribution in [-0.2, 0) is 16.4 Å². The molecule has 2 rings (SSSR count). The second kappa shape index (κ2) is 7.38. The Morgan fingerprint density at radius 2 is 2.00 bits per heavy atom. The van der Waals surface area contributed by atoms with Crippen LogP contribution in [0.25, 0.3) is 0 Å². The van der Waals surface area contributed by atoms with Gasteiger partial charge in [0.15, 0.2) is 8.46 Å². The van der Waals surface area contributed by atoms with Gasteiger partial charge in [-0.25, -0.2) is 0 Å². The van der Waals surface area contributed by atoms with Gasteiger partial charge in [-0.3, -0.25) is 9.55 Å². The van der Waals surface area contributed by atoms with Crippen molar-refractivity contribution >= 4 is 25.1 Å². The third kappa shape index (κ3) is 3.58. The van der Waals surface area contributed by atoms with E-state index in [4.69, 9.17) is 10.7 Å². The molecule has 110 valence electrons. The van der Waals surface area contributed by atoms with Crippen molar-refractivity contribution in [1.82, 2.24) is 4.98 Å². The van der Waals surface area contributed by atoms with Crippen LogP contribution in [-0.4, -0.2) is 27.8 Å². The van der Waals surface area contributed by atoms with Gasteiger partial charge in [0.05, 0.1) is 11.4 Å². The van der Waals surface area contributed by atoms with Gasteiger partial charge in [0.1, 0.15) is 0 Å². The van der Waals surface area contributed by atoms with Crippen LogP contribution in [0.3, 0.4) is 0 Å². The molecular formula is C17H17AlNO2P. The Balaban J connectivity index is 2.52. The normalized spacial score (nSPS) is 11.6. The van der Waals surface area contributed by atoms with Gasteiger partial charge in [0.25, 0.3) is 0 Å². The summed E-state index contributed by atoms with van der Waals surface area (Å²) >= 11 is 2.31. The highest BCUT2D eigenvalue weighted by Gasteiger charge is 2.28. The fourth-order valence-electron chi connectivity index (χ4n) is 2.52. The van der Waals surface area contributed by atoms with E-state index in [9.17, 15) is 4.57 Å². The van der Waals surface area contributed by atoms with Crippen molar-refractivity contribution in [3.8, 4) is 5.75 Å². The second-order valence-electron chi connectivity index (χ2n) is 5.59. The van der Waals surface area contributed by atoms with Gasteiger partial charge in [-0.05, 0) is 24.1 Å². The number of benzene rings is 1. The summed E-state index contributed by atoms with van der Waals surface area (Å²) in [5, 5.41) is 0. The predicted octanol–water partition coefficient (Wildman–Crippen LogP) is 3.76. The predicted molar refractivity (Wildman–Crippen MR) is 88.8 cm³/mol. The van der Waals surface area contributed by atoms with E-state index in [1.807, 2.05) is 30.3 Å². The lowest BCUT2D eigenvalue weighted by Gasteiger charge is -2.29. The van der Waals surface area contributed by atoms with Crippen LogP contribution in [0, 0.1) is 6.92 Å². The molecule has 0 bridgehead atoms. The van der Waals surface area contributed by atoms with E-state index < -0.39 is 0 Å². The molecule has 2 aromatic rings. The number of aryl methyl sites for hydroxylation is 1. The van der Waals surface area contributed by atoms with Gasteiger partial charge in [-0.1, -0.05) is 38.1 Å². The smallest absolute Gasteiger partial charge is 0.482 e. The summed E-state index contributed by atoms with van der Waals surface area (Å²) in [5.74, 6) is 0.797. The highest BCUT2D eigenvalue weighted by atomic mass is 31.1. The Kier molecular flexibility index (Phi) is 5.76. The molecule has 0 saturated carbocycles. The number of nitrogens with zero attached hydrogens (tertiary/aromatic N) is 1. The molecule has 0 aliphatic heterocycles. The summed E-state index contributed by atoms with van der Waals surface area (Å²) in [5.41, 5.74) is 3.09. The van der Waals surface area contributed by atoms with E-state index in [0.29, 0.717) is 18.3 Å². The van der Waals surface area contributed by atoms with Gasteiger partial charge in [0.2, 0.25) is 0 Å². The zero-order chi connectivity index (χ0) is 16.2. The minimum atomic E-state index is -0.355. The maximum absolute atomic E-state index is 10.7. The van der Waals surface area contributed by atoms with Crippen LogP contribution in [0.15, 0.2) is 36.4 Å². The van der Waals surface area contributed by atoms with E-state index >= 15 is 0 Å². The van der Waals surface area contributed by atoms with Gasteiger partial charge < -0.3 is 3.79 Å². The number of rotatable bonds is 6. The maximum atomic E-state index is 10.7. The molecule has 0 aliphatic rings. The summed E-state index contributed by atoms with van der Waals surface area (Å²) in [6.07, 6.45) is 1.27. The van der Waals surface area contributed by atoms with Crippen LogP contribution in [0.5, 0.6) is 5.75 Å². The van der Waals surface area contributed by atoms with Crippen molar-refractivity contribution in [1.29, 1.82) is 0 Å². The van der Waals surface area contributed by atoms with Crippen molar-refractivity contribution in [2.24, 2.45) is 0 Å². The molecule has 3 nitrogen and oxygen atoms in total. The van der Waals surface area contributed by atoms with Gasteiger partial charge in [-0.15, -0.1) is 0 Å². The fourth-order valence-corrected chi connectivity index (χ4v) is 3.13. The van der Waals surface area contributed by atoms with E-state index in [1.165, 1.54) is 0 Å². The molecule has 22 heavy (non-hydrogen) atoms. The summed E-state index contributed by atoms with van der Waals surface area (Å²) in [6, 6.07) is 11.7. The summed E-state index contributed by atoms with van der Waals surface area (Å²) in [4.78, 5) is 4.45. The van der Waals surface area contributed by atoms with Crippen LogP contribution in [0.2, 0.25) is 0 Å². The first-order valence-corrected chi connectivity index (χ1v) is 8.49. The first-order valence-electron chi connectivity index (χ1n) is 7.02. The van der Waals surface area contributed by atoms with E-state index in [-0.39, 0.29) is 13.9 Å². The van der Waals surface area contributed by atoms with Crippen molar-refractivity contribution in [3.05, 3.63) is 65.8 Å². The molecule has 4 radical (unpaired) electrons. The van der Waals surface area contributed by atoms with E-state index in [2.05, 4.69) is 35.5 Å². The average molecular weight is 325 g/mol. The molecule has 0 N–H and O–H groups in total. The first kappa shape index (κ1) is 17.2. The number of aromatic nitrogens is 1. The molecule has 0 spiro atoms. The summed E-state index contributed by atoms with van der Waals surface area (Å²) in [6.45, 7) is 10.00. The molecule has 0 atom stereocenters. The summed E-state index contributed by atoms with van der Waals surface area (Å²) in [7, 11) is 0.140. The minimum Gasteiger partial charge on any atom is -0.653 e. The molecular weight excluding hydrogens is 308 g/mol. The Hall–Kier alpha value is -1.20. The Bertz CT molecular complexity index is 673.